The minimum atomic E-state index is -0.889. The van der Waals surface area contributed by atoms with Crippen LogP contribution in [0.2, 0.25) is 0 Å². The van der Waals surface area contributed by atoms with Crippen LogP contribution in [0.4, 0.5) is 5.82 Å². The molecule has 3 rings (SSSR count). The number of anilines is 1. The van der Waals surface area contributed by atoms with E-state index >= 15 is 0 Å². The number of amides is 2. The van der Waals surface area contributed by atoms with Crippen LogP contribution < -0.4 is 10.6 Å². The monoisotopic (exact) mass is 396 g/mol. The normalized spacial score (nSPS) is 13.7. The first-order chi connectivity index (χ1) is 14.0. The van der Waals surface area contributed by atoms with Gasteiger partial charge in [-0.25, -0.2) is 4.98 Å². The summed E-state index contributed by atoms with van der Waals surface area (Å²) in [5.41, 5.74) is 1.83. The molecule has 29 heavy (non-hydrogen) atoms. The number of hydrogen-bond acceptors (Lipinski definition) is 5. The highest BCUT2D eigenvalue weighted by Gasteiger charge is 2.27. The lowest BCUT2D eigenvalue weighted by molar-refractivity contribution is -0.141. The molecule has 0 spiro atoms. The Hall–Kier alpha value is -3.42. The van der Waals surface area contributed by atoms with E-state index in [0.29, 0.717) is 37.2 Å². The SMILES string of the molecule is C[C@@H](CCNC(=O)c1ccc2c(c1)C(=O)N(CCNc1ccccn1)C2)C(=O)O. The van der Waals surface area contributed by atoms with Crippen molar-refractivity contribution in [3.8, 4) is 0 Å². The number of nitrogens with zero attached hydrogens (tertiary/aromatic N) is 2. The summed E-state index contributed by atoms with van der Waals surface area (Å²) in [4.78, 5) is 41.7. The van der Waals surface area contributed by atoms with Crippen molar-refractivity contribution in [3.05, 3.63) is 59.3 Å². The Morgan fingerprint density at radius 3 is 2.79 bits per heavy atom. The van der Waals surface area contributed by atoms with E-state index in [0.717, 1.165) is 11.4 Å². The fraction of sp³-hybridized carbons (Fsp3) is 0.333. The number of hydrogen-bond donors (Lipinski definition) is 3. The zero-order chi connectivity index (χ0) is 20.8. The third-order valence-electron chi connectivity index (χ3n) is 4.89. The predicted octanol–water partition coefficient (Wildman–Crippen LogP) is 1.99. The lowest BCUT2D eigenvalue weighted by atomic mass is 10.1. The Labute approximate surface area is 168 Å². The van der Waals surface area contributed by atoms with Gasteiger partial charge in [0.2, 0.25) is 0 Å². The zero-order valence-corrected chi connectivity index (χ0v) is 16.2. The summed E-state index contributed by atoms with van der Waals surface area (Å²) in [6, 6.07) is 10.7. The summed E-state index contributed by atoms with van der Waals surface area (Å²) in [5, 5.41) is 14.8. The van der Waals surface area contributed by atoms with Crippen molar-refractivity contribution in [1.29, 1.82) is 0 Å². The molecule has 2 heterocycles. The van der Waals surface area contributed by atoms with Crippen molar-refractivity contribution >= 4 is 23.6 Å². The highest BCUT2D eigenvalue weighted by atomic mass is 16.4. The first-order valence-corrected chi connectivity index (χ1v) is 9.54. The number of fused-ring (bicyclic) bond motifs is 1. The quantitative estimate of drug-likeness (QED) is 0.598. The second kappa shape index (κ2) is 9.18. The Balaban J connectivity index is 1.53. The van der Waals surface area contributed by atoms with Crippen molar-refractivity contribution in [2.45, 2.75) is 19.9 Å². The molecule has 152 valence electrons. The van der Waals surface area contributed by atoms with Crippen molar-refractivity contribution in [1.82, 2.24) is 15.2 Å². The fourth-order valence-electron chi connectivity index (χ4n) is 3.10. The van der Waals surface area contributed by atoms with Gasteiger partial charge >= 0.3 is 5.97 Å². The van der Waals surface area contributed by atoms with E-state index in [1.54, 1.807) is 36.2 Å². The number of aromatic nitrogens is 1. The molecule has 0 radical (unpaired) electrons. The van der Waals surface area contributed by atoms with Gasteiger partial charge in [0.25, 0.3) is 11.8 Å². The number of carboxylic acid groups (broad SMARTS) is 1. The number of nitrogens with one attached hydrogen (secondary N) is 2. The number of carbonyl (C=O) groups is 3. The Morgan fingerprint density at radius 1 is 1.24 bits per heavy atom. The average Bonchev–Trinajstić information content (AvgIpc) is 3.03. The van der Waals surface area contributed by atoms with E-state index in [2.05, 4.69) is 15.6 Å². The van der Waals surface area contributed by atoms with Gasteiger partial charge < -0.3 is 20.6 Å². The molecular formula is C21H24N4O4. The molecular weight excluding hydrogens is 372 g/mol. The third kappa shape index (κ3) is 5.10. The second-order valence-electron chi connectivity index (χ2n) is 7.02. The highest BCUT2D eigenvalue weighted by molar-refractivity contribution is 6.02. The molecule has 1 aliphatic rings. The smallest absolute Gasteiger partial charge is 0.306 e. The lowest BCUT2D eigenvalue weighted by Crippen LogP contribution is -2.29. The maximum Gasteiger partial charge on any atom is 0.306 e. The molecule has 0 saturated carbocycles. The van der Waals surface area contributed by atoms with Gasteiger partial charge in [-0.05, 0) is 36.2 Å². The number of pyridine rings is 1. The van der Waals surface area contributed by atoms with Gasteiger partial charge in [-0.3, -0.25) is 14.4 Å². The Morgan fingerprint density at radius 2 is 2.07 bits per heavy atom. The van der Waals surface area contributed by atoms with Crippen LogP contribution in [0.25, 0.3) is 0 Å². The van der Waals surface area contributed by atoms with Crippen LogP contribution in [0.3, 0.4) is 0 Å². The van der Waals surface area contributed by atoms with Crippen LogP contribution in [-0.4, -0.2) is 52.4 Å². The number of carboxylic acids is 1. The standard InChI is InChI=1S/C21H24N4O4/c1-14(21(28)29)7-9-24-19(26)15-5-6-16-13-25(20(27)17(16)12-15)11-10-23-18-4-2-3-8-22-18/h2-6,8,12,14H,7,9-11,13H2,1H3,(H,22,23)(H,24,26)(H,28,29)/t14-/m0/s1. The summed E-state index contributed by atoms with van der Waals surface area (Å²) < 4.78 is 0. The highest BCUT2D eigenvalue weighted by Crippen LogP contribution is 2.23. The summed E-state index contributed by atoms with van der Waals surface area (Å²) in [5.74, 6) is -1.07. The van der Waals surface area contributed by atoms with Crippen LogP contribution in [-0.2, 0) is 11.3 Å². The maximum atomic E-state index is 12.7. The van der Waals surface area contributed by atoms with Gasteiger partial charge in [0, 0.05) is 43.5 Å². The molecule has 0 fully saturated rings. The first-order valence-electron chi connectivity index (χ1n) is 9.54. The van der Waals surface area contributed by atoms with Crippen molar-refractivity contribution < 1.29 is 19.5 Å². The topological polar surface area (TPSA) is 112 Å². The molecule has 1 atom stereocenters. The second-order valence-corrected chi connectivity index (χ2v) is 7.02. The number of carbonyl (C=O) groups excluding carboxylic acids is 2. The predicted molar refractivity (Wildman–Crippen MR) is 108 cm³/mol. The van der Waals surface area contributed by atoms with Gasteiger partial charge in [-0.1, -0.05) is 19.1 Å². The molecule has 2 aromatic rings. The Kier molecular flexibility index (Phi) is 6.43. The third-order valence-corrected chi connectivity index (χ3v) is 4.89. The summed E-state index contributed by atoms with van der Waals surface area (Å²) >= 11 is 0. The number of aliphatic carboxylic acids is 1. The van der Waals surface area contributed by atoms with Gasteiger partial charge in [-0.15, -0.1) is 0 Å². The summed E-state index contributed by atoms with van der Waals surface area (Å²) in [6.07, 6.45) is 2.05. The van der Waals surface area contributed by atoms with E-state index in [-0.39, 0.29) is 18.4 Å². The minimum Gasteiger partial charge on any atom is -0.481 e. The average molecular weight is 396 g/mol. The number of benzene rings is 1. The van der Waals surface area contributed by atoms with E-state index in [4.69, 9.17) is 5.11 Å². The molecule has 1 aromatic heterocycles. The largest absolute Gasteiger partial charge is 0.481 e. The minimum absolute atomic E-state index is 0.100. The Bertz CT molecular complexity index is 901. The molecule has 1 aliphatic heterocycles. The van der Waals surface area contributed by atoms with Crippen LogP contribution >= 0.6 is 0 Å². The van der Waals surface area contributed by atoms with Crippen LogP contribution in [0.1, 0.15) is 39.6 Å². The molecule has 3 N–H and O–H groups in total. The fourth-order valence-corrected chi connectivity index (χ4v) is 3.10. The molecule has 8 nitrogen and oxygen atoms in total. The van der Waals surface area contributed by atoms with E-state index in [1.807, 2.05) is 18.2 Å². The van der Waals surface area contributed by atoms with Crippen molar-refractivity contribution in [2.24, 2.45) is 5.92 Å². The summed E-state index contributed by atoms with van der Waals surface area (Å²) in [6.45, 7) is 3.48. The number of rotatable bonds is 9. The molecule has 0 saturated heterocycles. The molecule has 2 amide bonds. The van der Waals surface area contributed by atoms with Crippen LogP contribution in [0.5, 0.6) is 0 Å². The molecule has 0 unspecified atom stereocenters. The van der Waals surface area contributed by atoms with Gasteiger partial charge in [0.15, 0.2) is 0 Å². The van der Waals surface area contributed by atoms with E-state index in [9.17, 15) is 14.4 Å². The van der Waals surface area contributed by atoms with Gasteiger partial charge in [-0.2, -0.15) is 0 Å². The van der Waals surface area contributed by atoms with E-state index < -0.39 is 11.9 Å². The molecule has 8 heteroatoms. The maximum absolute atomic E-state index is 12.7. The van der Waals surface area contributed by atoms with Gasteiger partial charge in [0.05, 0.1) is 5.92 Å². The van der Waals surface area contributed by atoms with Crippen LogP contribution in [0.15, 0.2) is 42.6 Å². The van der Waals surface area contributed by atoms with Crippen LogP contribution in [0, 0.1) is 5.92 Å². The van der Waals surface area contributed by atoms with E-state index in [1.165, 1.54) is 0 Å². The van der Waals surface area contributed by atoms with Crippen molar-refractivity contribution in [3.63, 3.8) is 0 Å². The zero-order valence-electron chi connectivity index (χ0n) is 16.2. The lowest BCUT2D eigenvalue weighted by Gasteiger charge is -2.16. The van der Waals surface area contributed by atoms with Crippen molar-refractivity contribution in [2.75, 3.05) is 25.0 Å². The first kappa shape index (κ1) is 20.3. The molecule has 0 aliphatic carbocycles. The van der Waals surface area contributed by atoms with Gasteiger partial charge in [0.1, 0.15) is 5.82 Å². The molecule has 1 aromatic carbocycles. The summed E-state index contributed by atoms with van der Waals surface area (Å²) in [7, 11) is 0. The molecule has 0 bridgehead atoms.